The number of anilines is 1. The van der Waals surface area contributed by atoms with Crippen LogP contribution in [0.2, 0.25) is 0 Å². The second-order valence-electron chi connectivity index (χ2n) is 9.56. The number of benzene rings is 2. The molecule has 1 aliphatic heterocycles. The second-order valence-corrected chi connectivity index (χ2v) is 9.56. The van der Waals surface area contributed by atoms with Crippen LogP contribution in [-0.2, 0) is 16.0 Å². The van der Waals surface area contributed by atoms with E-state index in [1.54, 1.807) is 31.4 Å². The monoisotopic (exact) mass is 494 g/mol. The summed E-state index contributed by atoms with van der Waals surface area (Å²) in [7, 11) is 1.64. The maximum absolute atomic E-state index is 12.8. The van der Waals surface area contributed by atoms with Gasteiger partial charge in [-0.15, -0.1) is 0 Å². The highest BCUT2D eigenvalue weighted by atomic mass is 16.5. The highest BCUT2D eigenvalue weighted by molar-refractivity contribution is 6.04. The molecule has 0 unspecified atom stereocenters. The fourth-order valence-electron chi connectivity index (χ4n) is 4.16. The van der Waals surface area contributed by atoms with Crippen LogP contribution in [0.15, 0.2) is 48.5 Å². The van der Waals surface area contributed by atoms with Gasteiger partial charge in [0.05, 0.1) is 24.9 Å². The third-order valence-corrected chi connectivity index (χ3v) is 6.21. The lowest BCUT2D eigenvalue weighted by molar-refractivity contribution is -0.131. The Morgan fingerprint density at radius 1 is 0.972 bits per heavy atom. The number of carbonyl (C=O) groups excluding carboxylic acids is 3. The molecule has 0 spiro atoms. The fraction of sp³-hybridized carbons (Fsp3) is 0.464. The van der Waals surface area contributed by atoms with Gasteiger partial charge in [0, 0.05) is 39.1 Å². The minimum Gasteiger partial charge on any atom is -0.497 e. The Balaban J connectivity index is 1.47. The zero-order valence-corrected chi connectivity index (χ0v) is 21.6. The molecule has 0 bridgehead atoms. The van der Waals surface area contributed by atoms with Gasteiger partial charge in [-0.3, -0.25) is 19.3 Å². The number of ether oxygens (including phenoxy) is 1. The molecule has 1 saturated heterocycles. The molecule has 2 aromatic rings. The van der Waals surface area contributed by atoms with Gasteiger partial charge in [-0.25, -0.2) is 0 Å². The molecule has 194 valence electrons. The van der Waals surface area contributed by atoms with E-state index in [-0.39, 0.29) is 24.3 Å². The van der Waals surface area contributed by atoms with Crippen molar-refractivity contribution in [3.63, 3.8) is 0 Å². The molecule has 1 heterocycles. The van der Waals surface area contributed by atoms with Crippen molar-refractivity contribution in [2.75, 3.05) is 51.7 Å². The van der Waals surface area contributed by atoms with Crippen LogP contribution in [-0.4, -0.2) is 73.9 Å². The lowest BCUT2D eigenvalue weighted by Crippen LogP contribution is -2.38. The Morgan fingerprint density at radius 3 is 2.44 bits per heavy atom. The van der Waals surface area contributed by atoms with E-state index in [9.17, 15) is 14.4 Å². The van der Waals surface area contributed by atoms with Crippen molar-refractivity contribution in [3.8, 4) is 5.75 Å². The highest BCUT2D eigenvalue weighted by Gasteiger charge is 2.21. The van der Waals surface area contributed by atoms with Gasteiger partial charge in [-0.05, 0) is 48.6 Å². The van der Waals surface area contributed by atoms with Crippen molar-refractivity contribution >= 4 is 23.4 Å². The predicted octanol–water partition coefficient (Wildman–Crippen LogP) is 3.19. The van der Waals surface area contributed by atoms with E-state index in [0.717, 1.165) is 24.3 Å². The molecule has 8 heteroatoms. The summed E-state index contributed by atoms with van der Waals surface area (Å²) < 4.78 is 5.18. The van der Waals surface area contributed by atoms with Gasteiger partial charge >= 0.3 is 0 Å². The van der Waals surface area contributed by atoms with Crippen molar-refractivity contribution in [2.24, 2.45) is 5.92 Å². The van der Waals surface area contributed by atoms with Crippen LogP contribution in [0.1, 0.15) is 42.6 Å². The Labute approximate surface area is 214 Å². The third kappa shape index (κ3) is 8.37. The maximum Gasteiger partial charge on any atom is 0.253 e. The van der Waals surface area contributed by atoms with E-state index >= 15 is 0 Å². The van der Waals surface area contributed by atoms with Gasteiger partial charge < -0.3 is 20.3 Å². The summed E-state index contributed by atoms with van der Waals surface area (Å²) in [5.41, 5.74) is 2.07. The van der Waals surface area contributed by atoms with Crippen molar-refractivity contribution in [1.82, 2.24) is 15.1 Å². The normalized spacial score (nSPS) is 14.3. The summed E-state index contributed by atoms with van der Waals surface area (Å²) in [6.07, 6.45) is 1.97. The van der Waals surface area contributed by atoms with Crippen LogP contribution < -0.4 is 15.4 Å². The molecule has 36 heavy (non-hydrogen) atoms. The van der Waals surface area contributed by atoms with Crippen molar-refractivity contribution in [1.29, 1.82) is 0 Å². The smallest absolute Gasteiger partial charge is 0.253 e. The molecular weight excluding hydrogens is 456 g/mol. The minimum atomic E-state index is -0.196. The number of rotatable bonds is 10. The number of nitrogens with zero attached hydrogens (tertiary/aromatic N) is 2. The number of amides is 3. The lowest BCUT2D eigenvalue weighted by atomic mass is 10.1. The summed E-state index contributed by atoms with van der Waals surface area (Å²) in [6, 6.07) is 14.8. The molecular formula is C28H38N4O4. The number of para-hydroxylation sites is 1. The number of carbonyl (C=O) groups is 3. The number of nitrogens with one attached hydrogen (secondary N) is 2. The number of aryl methyl sites for hydroxylation is 1. The quantitative estimate of drug-likeness (QED) is 0.529. The first-order chi connectivity index (χ1) is 17.4. The van der Waals surface area contributed by atoms with Crippen LogP contribution >= 0.6 is 0 Å². The van der Waals surface area contributed by atoms with Gasteiger partial charge in [0.15, 0.2) is 0 Å². The van der Waals surface area contributed by atoms with Gasteiger partial charge in [-0.2, -0.15) is 0 Å². The first-order valence-corrected chi connectivity index (χ1v) is 12.7. The van der Waals surface area contributed by atoms with Gasteiger partial charge in [0.25, 0.3) is 5.91 Å². The number of hydrogen-bond acceptors (Lipinski definition) is 5. The summed E-state index contributed by atoms with van der Waals surface area (Å²) >= 11 is 0. The van der Waals surface area contributed by atoms with Crippen LogP contribution in [0.5, 0.6) is 5.75 Å². The molecule has 3 amide bonds. The first-order valence-electron chi connectivity index (χ1n) is 12.7. The average molecular weight is 495 g/mol. The Kier molecular flexibility index (Phi) is 10.3. The molecule has 0 aliphatic carbocycles. The van der Waals surface area contributed by atoms with Crippen LogP contribution in [0.25, 0.3) is 0 Å². The summed E-state index contributed by atoms with van der Waals surface area (Å²) in [5.74, 6) is 0.919. The fourth-order valence-corrected chi connectivity index (χ4v) is 4.16. The molecule has 0 atom stereocenters. The summed E-state index contributed by atoms with van der Waals surface area (Å²) in [4.78, 5) is 42.1. The molecule has 2 aromatic carbocycles. The Morgan fingerprint density at radius 2 is 1.72 bits per heavy atom. The van der Waals surface area contributed by atoms with Crippen molar-refractivity contribution < 1.29 is 19.1 Å². The van der Waals surface area contributed by atoms with E-state index in [1.807, 2.05) is 43.0 Å². The molecule has 1 aliphatic rings. The molecule has 0 radical (unpaired) electrons. The molecule has 1 fully saturated rings. The standard InChI is InChI=1S/C28H38N4O4/c1-21(2)19-29-28(35)24-7-4-5-8-25(24)30-26(33)20-31-15-6-16-32(18-17-31)27(34)14-11-22-9-12-23(36-3)13-10-22/h4-5,7-10,12-13,21H,6,11,14-20H2,1-3H3,(H,29,35)(H,30,33). The van der Waals surface area contributed by atoms with Crippen LogP contribution in [0.3, 0.4) is 0 Å². The first kappa shape index (κ1) is 27.2. The molecule has 0 aromatic heterocycles. The summed E-state index contributed by atoms with van der Waals surface area (Å²) in [5, 5.41) is 5.80. The number of methoxy groups -OCH3 is 1. The zero-order valence-electron chi connectivity index (χ0n) is 21.6. The van der Waals surface area contributed by atoms with E-state index in [4.69, 9.17) is 4.74 Å². The number of hydrogen-bond donors (Lipinski definition) is 2. The molecule has 2 N–H and O–H groups in total. The largest absolute Gasteiger partial charge is 0.497 e. The van der Waals surface area contributed by atoms with E-state index in [0.29, 0.717) is 56.2 Å². The SMILES string of the molecule is COc1ccc(CCC(=O)N2CCCN(CC(=O)Nc3ccccc3C(=O)NCC(C)C)CC2)cc1. The van der Waals surface area contributed by atoms with E-state index in [2.05, 4.69) is 15.5 Å². The van der Waals surface area contributed by atoms with Gasteiger partial charge in [-0.1, -0.05) is 38.1 Å². The highest BCUT2D eigenvalue weighted by Crippen LogP contribution is 2.16. The van der Waals surface area contributed by atoms with Crippen LogP contribution in [0.4, 0.5) is 5.69 Å². The Hall–Kier alpha value is -3.39. The van der Waals surface area contributed by atoms with E-state index in [1.165, 1.54) is 0 Å². The summed E-state index contributed by atoms with van der Waals surface area (Å²) in [6.45, 7) is 7.53. The Bertz CT molecular complexity index is 1020. The molecule has 3 rings (SSSR count). The maximum atomic E-state index is 12.8. The third-order valence-electron chi connectivity index (χ3n) is 6.21. The van der Waals surface area contributed by atoms with E-state index < -0.39 is 0 Å². The second kappa shape index (κ2) is 13.6. The molecule has 0 saturated carbocycles. The topological polar surface area (TPSA) is 91.0 Å². The molecule has 8 nitrogen and oxygen atoms in total. The average Bonchev–Trinajstić information content (AvgIpc) is 3.12. The van der Waals surface area contributed by atoms with Gasteiger partial charge in [0.2, 0.25) is 11.8 Å². The lowest BCUT2D eigenvalue weighted by Gasteiger charge is -2.22. The van der Waals surface area contributed by atoms with Crippen LogP contribution in [0, 0.1) is 5.92 Å². The van der Waals surface area contributed by atoms with Crippen molar-refractivity contribution in [3.05, 3.63) is 59.7 Å². The van der Waals surface area contributed by atoms with Crippen molar-refractivity contribution in [2.45, 2.75) is 33.1 Å². The zero-order chi connectivity index (χ0) is 25.9. The van der Waals surface area contributed by atoms with Gasteiger partial charge in [0.1, 0.15) is 5.75 Å². The minimum absolute atomic E-state index is 0.137. The predicted molar refractivity (Wildman–Crippen MR) is 141 cm³/mol.